The van der Waals surface area contributed by atoms with E-state index in [4.69, 9.17) is 17.3 Å². The van der Waals surface area contributed by atoms with E-state index in [-0.39, 0.29) is 0 Å². The predicted molar refractivity (Wildman–Crippen MR) is 72.3 cm³/mol. The summed E-state index contributed by atoms with van der Waals surface area (Å²) in [6.45, 7) is 1.89. The number of rotatable bonds is 4. The first kappa shape index (κ1) is 12.2. The van der Waals surface area contributed by atoms with Crippen molar-refractivity contribution >= 4 is 28.6 Å². The van der Waals surface area contributed by atoms with Crippen molar-refractivity contribution < 1.29 is 0 Å². The lowest BCUT2D eigenvalue weighted by atomic mass is 10.3. The molecule has 1 aromatic carbocycles. The molecule has 0 spiro atoms. The number of anilines is 1. The number of imidazole rings is 1. The van der Waals surface area contributed by atoms with Crippen LogP contribution in [0, 0.1) is 0 Å². The SMILES string of the molecule is CN(C)CCCn1c(N)nc2c(Cl)cccc21. The molecular weight excluding hydrogens is 236 g/mol. The quantitative estimate of drug-likeness (QED) is 0.908. The predicted octanol–water partition coefficient (Wildman–Crippen LogP) is 2.22. The summed E-state index contributed by atoms with van der Waals surface area (Å²) in [5, 5.41) is 0.653. The fourth-order valence-corrected chi connectivity index (χ4v) is 2.12. The molecule has 0 saturated heterocycles. The highest BCUT2D eigenvalue weighted by molar-refractivity contribution is 6.35. The molecule has 1 aromatic heterocycles. The number of fused-ring (bicyclic) bond motifs is 1. The molecule has 92 valence electrons. The maximum atomic E-state index is 6.09. The van der Waals surface area contributed by atoms with Crippen LogP contribution < -0.4 is 5.73 Å². The van der Waals surface area contributed by atoms with E-state index in [1.54, 1.807) is 0 Å². The van der Waals surface area contributed by atoms with Gasteiger partial charge in [0.25, 0.3) is 0 Å². The van der Waals surface area contributed by atoms with Crippen LogP contribution in [0.5, 0.6) is 0 Å². The third-order valence-corrected chi connectivity index (χ3v) is 3.05. The summed E-state index contributed by atoms with van der Waals surface area (Å²) in [6, 6.07) is 5.76. The van der Waals surface area contributed by atoms with E-state index < -0.39 is 0 Å². The standard InChI is InChI=1S/C12H17ClN4/c1-16(2)7-4-8-17-10-6-3-5-9(13)11(10)15-12(17)14/h3,5-6H,4,7-8H2,1-2H3,(H2,14,15). The summed E-state index contributed by atoms with van der Waals surface area (Å²) in [6.07, 6.45) is 1.04. The molecule has 5 heteroatoms. The molecule has 0 aliphatic heterocycles. The topological polar surface area (TPSA) is 47.1 Å². The molecule has 0 amide bonds. The minimum Gasteiger partial charge on any atom is -0.369 e. The van der Waals surface area contributed by atoms with Crippen molar-refractivity contribution in [1.29, 1.82) is 0 Å². The van der Waals surface area contributed by atoms with Crippen LogP contribution in [0.4, 0.5) is 5.95 Å². The zero-order chi connectivity index (χ0) is 12.4. The maximum Gasteiger partial charge on any atom is 0.201 e. The first-order valence-electron chi connectivity index (χ1n) is 5.64. The number of nitrogens with two attached hydrogens (primary N) is 1. The number of nitrogen functional groups attached to an aromatic ring is 1. The molecule has 17 heavy (non-hydrogen) atoms. The van der Waals surface area contributed by atoms with Crippen LogP contribution in [0.3, 0.4) is 0 Å². The van der Waals surface area contributed by atoms with E-state index in [1.165, 1.54) is 0 Å². The Morgan fingerprint density at radius 2 is 2.18 bits per heavy atom. The number of benzene rings is 1. The number of para-hydroxylation sites is 1. The van der Waals surface area contributed by atoms with E-state index in [1.807, 2.05) is 22.8 Å². The smallest absolute Gasteiger partial charge is 0.201 e. The Morgan fingerprint density at radius 3 is 2.88 bits per heavy atom. The van der Waals surface area contributed by atoms with Crippen molar-refractivity contribution in [2.24, 2.45) is 0 Å². The summed E-state index contributed by atoms with van der Waals surface area (Å²) >= 11 is 6.09. The summed E-state index contributed by atoms with van der Waals surface area (Å²) in [5.41, 5.74) is 7.72. The van der Waals surface area contributed by atoms with E-state index in [2.05, 4.69) is 24.0 Å². The highest BCUT2D eigenvalue weighted by Gasteiger charge is 2.09. The van der Waals surface area contributed by atoms with Gasteiger partial charge >= 0.3 is 0 Å². The minimum absolute atomic E-state index is 0.534. The molecule has 2 rings (SSSR count). The van der Waals surface area contributed by atoms with Gasteiger partial charge in [0.2, 0.25) is 5.95 Å². The maximum absolute atomic E-state index is 6.09. The van der Waals surface area contributed by atoms with Gasteiger partial charge in [0.05, 0.1) is 10.5 Å². The largest absolute Gasteiger partial charge is 0.369 e. The second-order valence-corrected chi connectivity index (χ2v) is 4.79. The Labute approximate surface area is 106 Å². The van der Waals surface area contributed by atoms with Crippen molar-refractivity contribution in [3.63, 3.8) is 0 Å². The highest BCUT2D eigenvalue weighted by Crippen LogP contribution is 2.24. The third-order valence-electron chi connectivity index (χ3n) is 2.75. The number of aromatic nitrogens is 2. The second kappa shape index (κ2) is 4.94. The molecule has 0 fully saturated rings. The van der Waals surface area contributed by atoms with Gasteiger partial charge in [0.1, 0.15) is 5.52 Å². The number of halogens is 1. The molecule has 0 atom stereocenters. The molecule has 0 unspecified atom stereocenters. The van der Waals surface area contributed by atoms with Gasteiger partial charge in [-0.1, -0.05) is 17.7 Å². The number of nitrogens with zero attached hydrogens (tertiary/aromatic N) is 3. The van der Waals surface area contributed by atoms with Gasteiger partial charge in [-0.2, -0.15) is 0 Å². The summed E-state index contributed by atoms with van der Waals surface area (Å²) < 4.78 is 2.02. The molecule has 0 bridgehead atoms. The molecule has 0 aliphatic rings. The van der Waals surface area contributed by atoms with E-state index >= 15 is 0 Å². The van der Waals surface area contributed by atoms with Crippen molar-refractivity contribution in [3.8, 4) is 0 Å². The molecule has 0 radical (unpaired) electrons. The molecule has 2 N–H and O–H groups in total. The zero-order valence-corrected chi connectivity index (χ0v) is 10.9. The monoisotopic (exact) mass is 252 g/mol. The first-order valence-corrected chi connectivity index (χ1v) is 6.02. The van der Waals surface area contributed by atoms with Gasteiger partial charge in [-0.05, 0) is 39.2 Å². The number of hydrogen-bond acceptors (Lipinski definition) is 3. The third kappa shape index (κ3) is 2.53. The van der Waals surface area contributed by atoms with E-state index in [0.717, 1.165) is 30.5 Å². The molecule has 1 heterocycles. The Bertz CT molecular complexity index is 518. The van der Waals surface area contributed by atoms with Crippen molar-refractivity contribution in [2.45, 2.75) is 13.0 Å². The Hall–Kier alpha value is -1.26. The van der Waals surface area contributed by atoms with Crippen LogP contribution in [-0.2, 0) is 6.54 Å². The van der Waals surface area contributed by atoms with Gasteiger partial charge in [-0.25, -0.2) is 4.98 Å². The Kier molecular flexibility index (Phi) is 3.54. The lowest BCUT2D eigenvalue weighted by Crippen LogP contribution is -2.15. The zero-order valence-electron chi connectivity index (χ0n) is 10.2. The van der Waals surface area contributed by atoms with Gasteiger partial charge in [0, 0.05) is 6.54 Å². The summed E-state index contributed by atoms with van der Waals surface area (Å²) in [7, 11) is 4.12. The van der Waals surface area contributed by atoms with E-state index in [9.17, 15) is 0 Å². The second-order valence-electron chi connectivity index (χ2n) is 4.39. The van der Waals surface area contributed by atoms with Crippen LogP contribution in [-0.4, -0.2) is 35.1 Å². The fraction of sp³-hybridized carbons (Fsp3) is 0.417. The van der Waals surface area contributed by atoms with Crippen LogP contribution >= 0.6 is 11.6 Å². The Morgan fingerprint density at radius 1 is 1.41 bits per heavy atom. The lowest BCUT2D eigenvalue weighted by Gasteiger charge is -2.10. The van der Waals surface area contributed by atoms with Crippen molar-refractivity contribution in [1.82, 2.24) is 14.5 Å². The average Bonchev–Trinajstić information content (AvgIpc) is 2.57. The summed E-state index contributed by atoms with van der Waals surface area (Å²) in [4.78, 5) is 6.46. The Balaban J connectivity index is 2.27. The van der Waals surface area contributed by atoms with E-state index in [0.29, 0.717) is 11.0 Å². The number of aryl methyl sites for hydroxylation is 1. The van der Waals surface area contributed by atoms with Crippen LogP contribution in [0.1, 0.15) is 6.42 Å². The minimum atomic E-state index is 0.534. The molecule has 0 saturated carbocycles. The average molecular weight is 253 g/mol. The van der Waals surface area contributed by atoms with Gasteiger partial charge in [-0.15, -0.1) is 0 Å². The van der Waals surface area contributed by atoms with Gasteiger partial charge in [0.15, 0.2) is 0 Å². The number of hydrogen-bond donors (Lipinski definition) is 1. The fourth-order valence-electron chi connectivity index (χ4n) is 1.91. The van der Waals surface area contributed by atoms with Gasteiger partial charge in [-0.3, -0.25) is 0 Å². The van der Waals surface area contributed by atoms with Crippen molar-refractivity contribution in [3.05, 3.63) is 23.2 Å². The first-order chi connectivity index (χ1) is 8.09. The normalized spacial score (nSPS) is 11.5. The lowest BCUT2D eigenvalue weighted by molar-refractivity contribution is 0.388. The van der Waals surface area contributed by atoms with Crippen LogP contribution in [0.15, 0.2) is 18.2 Å². The van der Waals surface area contributed by atoms with Crippen LogP contribution in [0.2, 0.25) is 5.02 Å². The van der Waals surface area contributed by atoms with Crippen LogP contribution in [0.25, 0.3) is 11.0 Å². The molecule has 2 aromatic rings. The summed E-state index contributed by atoms with van der Waals surface area (Å²) in [5.74, 6) is 0.534. The van der Waals surface area contributed by atoms with Gasteiger partial charge < -0.3 is 15.2 Å². The van der Waals surface area contributed by atoms with Crippen molar-refractivity contribution in [2.75, 3.05) is 26.4 Å². The molecule has 4 nitrogen and oxygen atoms in total. The molecular formula is C12H17ClN4. The molecule has 0 aliphatic carbocycles. The highest BCUT2D eigenvalue weighted by atomic mass is 35.5.